The van der Waals surface area contributed by atoms with Gasteiger partial charge in [0.2, 0.25) is 0 Å². The maximum absolute atomic E-state index is 10.9. The minimum Gasteiger partial charge on any atom is -0.481 e. The van der Waals surface area contributed by atoms with Crippen molar-refractivity contribution in [3.8, 4) is 0 Å². The molecule has 0 aliphatic rings. The summed E-state index contributed by atoms with van der Waals surface area (Å²) in [5.41, 5.74) is 2.18. The molecule has 0 amide bonds. The van der Waals surface area contributed by atoms with Crippen molar-refractivity contribution < 1.29 is 9.90 Å². The minimum atomic E-state index is -0.761. The Bertz CT molecular complexity index is 656. The van der Waals surface area contributed by atoms with Crippen molar-refractivity contribution in [3.05, 3.63) is 69.7 Å². The van der Waals surface area contributed by atoms with Crippen molar-refractivity contribution in [3.63, 3.8) is 0 Å². The second-order valence-electron chi connectivity index (χ2n) is 6.08. The van der Waals surface area contributed by atoms with Gasteiger partial charge in [0.1, 0.15) is 0 Å². The summed E-state index contributed by atoms with van der Waals surface area (Å²) in [6, 6.07) is 15.8. The molecule has 2 rings (SSSR count). The summed E-state index contributed by atoms with van der Waals surface area (Å²) in [6.45, 7) is 0.790. The average molecular weight is 380 g/mol. The first-order valence-corrected chi connectivity index (χ1v) is 9.24. The Hall–Kier alpha value is -1.55. The zero-order valence-corrected chi connectivity index (χ0v) is 15.6. The number of hydrogen-bond donors (Lipinski definition) is 2. The van der Waals surface area contributed by atoms with Gasteiger partial charge in [-0.2, -0.15) is 0 Å². The zero-order chi connectivity index (χ0) is 18.1. The smallest absolute Gasteiger partial charge is 0.303 e. The molecule has 1 unspecified atom stereocenters. The first-order chi connectivity index (χ1) is 12.1. The molecule has 5 heteroatoms. The molecule has 0 aliphatic heterocycles. The normalized spacial score (nSPS) is 12.1. The van der Waals surface area contributed by atoms with Crippen LogP contribution in [0, 0.1) is 0 Å². The number of hydrogen-bond acceptors (Lipinski definition) is 2. The van der Waals surface area contributed by atoms with Crippen molar-refractivity contribution >= 4 is 29.2 Å². The van der Waals surface area contributed by atoms with Crippen LogP contribution < -0.4 is 5.32 Å². The number of carboxylic acids is 1. The Morgan fingerprint density at radius 1 is 1.04 bits per heavy atom. The first-order valence-electron chi connectivity index (χ1n) is 8.48. The number of rotatable bonds is 10. The van der Waals surface area contributed by atoms with Gasteiger partial charge in [0, 0.05) is 22.5 Å². The van der Waals surface area contributed by atoms with Crippen LogP contribution in [0.4, 0.5) is 0 Å². The molecule has 1 atom stereocenters. The number of nitrogens with one attached hydrogen (secondary N) is 1. The van der Waals surface area contributed by atoms with Crippen LogP contribution >= 0.6 is 23.2 Å². The Labute approximate surface area is 159 Å². The second kappa shape index (κ2) is 10.4. The van der Waals surface area contributed by atoms with Crippen LogP contribution in [0.3, 0.4) is 0 Å². The van der Waals surface area contributed by atoms with E-state index in [2.05, 4.69) is 17.4 Å². The van der Waals surface area contributed by atoms with Crippen LogP contribution in [0.25, 0.3) is 0 Å². The summed E-state index contributed by atoms with van der Waals surface area (Å²) in [4.78, 5) is 10.9. The van der Waals surface area contributed by atoms with Gasteiger partial charge in [0.15, 0.2) is 0 Å². The van der Waals surface area contributed by atoms with Gasteiger partial charge >= 0.3 is 5.97 Å². The number of carboxylic acid groups (broad SMARTS) is 1. The predicted molar refractivity (Wildman–Crippen MR) is 104 cm³/mol. The Balaban J connectivity index is 1.85. The standard InChI is InChI=1S/C20H23Cl2NO2/c21-18-9-4-10-19(22)17(18)8-5-13-23-16(11-12-20(24)25)14-15-6-2-1-3-7-15/h1-4,6-7,9-10,16,23H,5,8,11-14H2,(H,24,25). The van der Waals surface area contributed by atoms with E-state index in [9.17, 15) is 4.79 Å². The Morgan fingerprint density at radius 2 is 1.72 bits per heavy atom. The summed E-state index contributed by atoms with van der Waals surface area (Å²) in [5.74, 6) is -0.761. The van der Waals surface area contributed by atoms with Gasteiger partial charge < -0.3 is 10.4 Å². The monoisotopic (exact) mass is 379 g/mol. The van der Waals surface area contributed by atoms with E-state index in [1.807, 2.05) is 36.4 Å². The van der Waals surface area contributed by atoms with E-state index >= 15 is 0 Å². The molecule has 0 saturated carbocycles. The molecule has 0 bridgehead atoms. The van der Waals surface area contributed by atoms with Crippen LogP contribution in [0.5, 0.6) is 0 Å². The lowest BCUT2D eigenvalue weighted by Gasteiger charge is -2.18. The third-order valence-electron chi connectivity index (χ3n) is 4.13. The van der Waals surface area contributed by atoms with Gasteiger partial charge in [-0.3, -0.25) is 4.79 Å². The molecule has 134 valence electrons. The molecule has 0 spiro atoms. The highest BCUT2D eigenvalue weighted by molar-refractivity contribution is 6.35. The maximum Gasteiger partial charge on any atom is 0.303 e. The zero-order valence-electron chi connectivity index (χ0n) is 14.1. The molecule has 0 aliphatic carbocycles. The predicted octanol–water partition coefficient (Wildman–Crippen LogP) is 4.99. The van der Waals surface area contributed by atoms with E-state index in [0.29, 0.717) is 16.5 Å². The highest BCUT2D eigenvalue weighted by Gasteiger charge is 2.12. The number of aliphatic carboxylic acids is 1. The van der Waals surface area contributed by atoms with Crippen LogP contribution in [-0.2, 0) is 17.6 Å². The fourth-order valence-electron chi connectivity index (χ4n) is 2.82. The van der Waals surface area contributed by atoms with Gasteiger partial charge in [-0.05, 0) is 55.5 Å². The molecule has 0 heterocycles. The third kappa shape index (κ3) is 7.07. The van der Waals surface area contributed by atoms with Gasteiger partial charge in [0.25, 0.3) is 0 Å². The number of carbonyl (C=O) groups is 1. The van der Waals surface area contributed by atoms with E-state index in [1.165, 1.54) is 5.56 Å². The van der Waals surface area contributed by atoms with Crippen molar-refractivity contribution in [1.82, 2.24) is 5.32 Å². The van der Waals surface area contributed by atoms with Gasteiger partial charge in [-0.25, -0.2) is 0 Å². The molecule has 3 nitrogen and oxygen atoms in total. The fourth-order valence-corrected chi connectivity index (χ4v) is 3.40. The highest BCUT2D eigenvalue weighted by Crippen LogP contribution is 2.25. The highest BCUT2D eigenvalue weighted by atomic mass is 35.5. The lowest BCUT2D eigenvalue weighted by atomic mass is 10.0. The van der Waals surface area contributed by atoms with E-state index in [1.54, 1.807) is 0 Å². The summed E-state index contributed by atoms with van der Waals surface area (Å²) in [5, 5.41) is 13.8. The molecule has 2 N–H and O–H groups in total. The van der Waals surface area contributed by atoms with Crippen molar-refractivity contribution in [2.75, 3.05) is 6.54 Å². The van der Waals surface area contributed by atoms with E-state index in [4.69, 9.17) is 28.3 Å². The lowest BCUT2D eigenvalue weighted by Crippen LogP contribution is -2.32. The van der Waals surface area contributed by atoms with E-state index < -0.39 is 5.97 Å². The second-order valence-corrected chi connectivity index (χ2v) is 6.89. The molecule has 25 heavy (non-hydrogen) atoms. The van der Waals surface area contributed by atoms with Crippen LogP contribution in [0.1, 0.15) is 30.4 Å². The maximum atomic E-state index is 10.9. The lowest BCUT2D eigenvalue weighted by molar-refractivity contribution is -0.137. The van der Waals surface area contributed by atoms with Crippen LogP contribution in [0.15, 0.2) is 48.5 Å². The Morgan fingerprint density at radius 3 is 2.36 bits per heavy atom. The molecular formula is C20H23Cl2NO2. The summed E-state index contributed by atoms with van der Waals surface area (Å²) in [6.07, 6.45) is 3.28. The minimum absolute atomic E-state index is 0.139. The van der Waals surface area contributed by atoms with Crippen molar-refractivity contribution in [1.29, 1.82) is 0 Å². The van der Waals surface area contributed by atoms with Crippen molar-refractivity contribution in [2.24, 2.45) is 0 Å². The van der Waals surface area contributed by atoms with Crippen LogP contribution in [0.2, 0.25) is 10.0 Å². The number of halogens is 2. The molecule has 0 saturated heterocycles. The Kier molecular flexibility index (Phi) is 8.26. The van der Waals surface area contributed by atoms with E-state index in [-0.39, 0.29) is 12.5 Å². The molecule has 2 aromatic carbocycles. The molecule has 0 fully saturated rings. The van der Waals surface area contributed by atoms with Crippen LogP contribution in [-0.4, -0.2) is 23.7 Å². The quantitative estimate of drug-likeness (QED) is 0.571. The molecular weight excluding hydrogens is 357 g/mol. The molecule has 0 aromatic heterocycles. The van der Waals surface area contributed by atoms with Crippen molar-refractivity contribution in [2.45, 2.75) is 38.1 Å². The largest absolute Gasteiger partial charge is 0.481 e. The summed E-state index contributed by atoms with van der Waals surface area (Å²) >= 11 is 12.4. The van der Waals surface area contributed by atoms with Gasteiger partial charge in [-0.15, -0.1) is 0 Å². The molecule has 0 radical (unpaired) electrons. The number of benzene rings is 2. The molecule has 2 aromatic rings. The van der Waals surface area contributed by atoms with Gasteiger partial charge in [0.05, 0.1) is 0 Å². The average Bonchev–Trinajstić information content (AvgIpc) is 2.59. The SMILES string of the molecule is O=C(O)CCC(Cc1ccccc1)NCCCc1c(Cl)cccc1Cl. The van der Waals surface area contributed by atoms with Gasteiger partial charge in [-0.1, -0.05) is 59.6 Å². The fraction of sp³-hybridized carbons (Fsp3) is 0.350. The topological polar surface area (TPSA) is 49.3 Å². The third-order valence-corrected chi connectivity index (χ3v) is 4.84. The summed E-state index contributed by atoms with van der Waals surface area (Å²) in [7, 11) is 0. The van der Waals surface area contributed by atoms with E-state index in [0.717, 1.165) is 31.4 Å². The first kappa shape index (κ1) is 19.8. The summed E-state index contributed by atoms with van der Waals surface area (Å²) < 4.78 is 0.